The largest absolute Gasteiger partial charge is 0.398 e. The molecule has 4 heteroatoms. The van der Waals surface area contributed by atoms with Crippen molar-refractivity contribution in [1.29, 1.82) is 0 Å². The molecular weight excluding hydrogens is 274 g/mol. The van der Waals surface area contributed by atoms with Crippen molar-refractivity contribution < 1.29 is 5.11 Å². The van der Waals surface area contributed by atoms with Crippen LogP contribution in [0, 0.1) is 0 Å². The highest BCUT2D eigenvalue weighted by Gasteiger charge is 1.96. The van der Waals surface area contributed by atoms with Crippen molar-refractivity contribution in [3.63, 3.8) is 0 Å². The Kier molecular flexibility index (Phi) is 4.72. The van der Waals surface area contributed by atoms with Crippen LogP contribution in [0.15, 0.2) is 22.7 Å². The number of benzene rings is 1. The second-order valence-corrected chi connectivity index (χ2v) is 2.92. The van der Waals surface area contributed by atoms with Gasteiger partial charge in [-0.25, -0.2) is 0 Å². The fourth-order valence-corrected chi connectivity index (χ4v) is 1.12. The highest BCUT2D eigenvalue weighted by Crippen LogP contribution is 2.17. The predicted octanol–water partition coefficient (Wildman–Crippen LogP) is 2.10. The summed E-state index contributed by atoms with van der Waals surface area (Å²) in [4.78, 5) is 0. The third-order valence-electron chi connectivity index (χ3n) is 1.28. The average Bonchev–Trinajstić information content (AvgIpc) is 1.94. The van der Waals surface area contributed by atoms with Crippen LogP contribution in [-0.2, 0) is 6.61 Å². The number of halogens is 2. The van der Waals surface area contributed by atoms with Crippen molar-refractivity contribution in [2.75, 3.05) is 5.73 Å². The number of hydrogen-bond acceptors (Lipinski definition) is 2. The Morgan fingerprint density at radius 3 is 2.55 bits per heavy atom. The number of rotatable bonds is 1. The zero-order valence-electron chi connectivity index (χ0n) is 5.75. The molecule has 0 saturated heterocycles. The first-order valence-electron chi connectivity index (χ1n) is 2.89. The van der Waals surface area contributed by atoms with E-state index in [4.69, 9.17) is 10.8 Å². The molecule has 0 aliphatic carbocycles. The van der Waals surface area contributed by atoms with Crippen LogP contribution >= 0.6 is 32.9 Å². The molecule has 0 amide bonds. The maximum absolute atomic E-state index is 8.74. The minimum Gasteiger partial charge on any atom is -0.398 e. The third kappa shape index (κ3) is 2.81. The van der Waals surface area contributed by atoms with E-state index in [1.54, 1.807) is 12.1 Å². The van der Waals surface area contributed by atoms with Crippen LogP contribution in [-0.4, -0.2) is 5.11 Å². The summed E-state index contributed by atoms with van der Waals surface area (Å²) in [5.41, 5.74) is 6.91. The molecule has 0 radical (unpaired) electrons. The maximum Gasteiger partial charge on any atom is 0.0702 e. The minimum absolute atomic E-state index is 0. The summed E-state index contributed by atoms with van der Waals surface area (Å²) in [6, 6.07) is 5.40. The molecule has 3 N–H and O–H groups in total. The second-order valence-electron chi connectivity index (χ2n) is 2.00. The first-order chi connectivity index (χ1) is 4.74. The third-order valence-corrected chi connectivity index (χ3v) is 1.77. The fourth-order valence-electron chi connectivity index (χ4n) is 0.711. The van der Waals surface area contributed by atoms with Crippen molar-refractivity contribution in [1.82, 2.24) is 0 Å². The van der Waals surface area contributed by atoms with Crippen molar-refractivity contribution in [3.8, 4) is 0 Å². The molecule has 0 aromatic heterocycles. The van der Waals surface area contributed by atoms with Crippen LogP contribution in [0.25, 0.3) is 0 Å². The Balaban J connectivity index is 0.000001000. The molecule has 1 aromatic rings. The molecule has 0 heterocycles. The van der Waals surface area contributed by atoms with Crippen molar-refractivity contribution >= 4 is 38.6 Å². The zero-order chi connectivity index (χ0) is 7.56. The maximum atomic E-state index is 8.74. The lowest BCUT2D eigenvalue weighted by atomic mass is 10.2. The van der Waals surface area contributed by atoms with Crippen LogP contribution in [0.3, 0.4) is 0 Å². The van der Waals surface area contributed by atoms with E-state index in [1.165, 1.54) is 0 Å². The number of anilines is 1. The number of nitrogen functional groups attached to an aromatic ring is 1. The number of hydrogen-bond donors (Lipinski definition) is 2. The van der Waals surface area contributed by atoms with Gasteiger partial charge in [-0.15, -0.1) is 17.0 Å². The summed E-state index contributed by atoms with van der Waals surface area (Å²) < 4.78 is 0.936. The Hall–Kier alpha value is -0.0600. The topological polar surface area (TPSA) is 46.2 Å². The van der Waals surface area contributed by atoms with Gasteiger partial charge in [0.2, 0.25) is 0 Å². The highest BCUT2D eigenvalue weighted by molar-refractivity contribution is 9.10. The first kappa shape index (κ1) is 10.9. The molecule has 0 atom stereocenters. The Bertz CT molecular complexity index is 240. The normalized spacial score (nSPS) is 8.91. The molecular formula is C7H9Br2NO. The van der Waals surface area contributed by atoms with Gasteiger partial charge in [0, 0.05) is 15.7 Å². The molecule has 0 saturated carbocycles. The second kappa shape index (κ2) is 4.74. The van der Waals surface area contributed by atoms with E-state index >= 15 is 0 Å². The summed E-state index contributed by atoms with van der Waals surface area (Å²) in [5.74, 6) is 0. The summed E-state index contributed by atoms with van der Waals surface area (Å²) in [6.45, 7) is -0.00866. The average molecular weight is 283 g/mol. The van der Waals surface area contributed by atoms with Gasteiger partial charge in [0.05, 0.1) is 6.61 Å². The molecule has 1 aromatic carbocycles. The fraction of sp³-hybridized carbons (Fsp3) is 0.143. The Morgan fingerprint density at radius 2 is 2.09 bits per heavy atom. The summed E-state index contributed by atoms with van der Waals surface area (Å²) in [7, 11) is 0. The molecule has 0 spiro atoms. The summed E-state index contributed by atoms with van der Waals surface area (Å²) in [5, 5.41) is 8.74. The predicted molar refractivity (Wildman–Crippen MR) is 54.8 cm³/mol. The van der Waals surface area contributed by atoms with E-state index in [9.17, 15) is 0 Å². The van der Waals surface area contributed by atoms with Gasteiger partial charge in [-0.05, 0) is 18.2 Å². The molecule has 0 unspecified atom stereocenters. The van der Waals surface area contributed by atoms with Gasteiger partial charge in [0.25, 0.3) is 0 Å². The van der Waals surface area contributed by atoms with Crippen molar-refractivity contribution in [2.45, 2.75) is 6.61 Å². The Labute approximate surface area is 84.3 Å². The van der Waals surface area contributed by atoms with Crippen LogP contribution in [0.1, 0.15) is 5.56 Å². The molecule has 0 aliphatic rings. The first-order valence-corrected chi connectivity index (χ1v) is 3.68. The van der Waals surface area contributed by atoms with Gasteiger partial charge < -0.3 is 10.8 Å². The number of aliphatic hydroxyl groups excluding tert-OH is 1. The molecule has 0 bridgehead atoms. The number of aliphatic hydroxyl groups is 1. The van der Waals surface area contributed by atoms with Crippen molar-refractivity contribution in [3.05, 3.63) is 28.2 Å². The lowest BCUT2D eigenvalue weighted by Crippen LogP contribution is -1.92. The summed E-state index contributed by atoms with van der Waals surface area (Å²) >= 11 is 3.27. The van der Waals surface area contributed by atoms with E-state index in [0.29, 0.717) is 5.69 Å². The van der Waals surface area contributed by atoms with Crippen LogP contribution < -0.4 is 5.73 Å². The van der Waals surface area contributed by atoms with E-state index in [1.807, 2.05) is 6.07 Å². The molecule has 0 fully saturated rings. The van der Waals surface area contributed by atoms with Crippen LogP contribution in [0.5, 0.6) is 0 Å². The van der Waals surface area contributed by atoms with Gasteiger partial charge in [-0.2, -0.15) is 0 Å². The van der Waals surface area contributed by atoms with E-state index in [-0.39, 0.29) is 23.6 Å². The van der Waals surface area contributed by atoms with Gasteiger partial charge in [-0.1, -0.05) is 15.9 Å². The van der Waals surface area contributed by atoms with Gasteiger partial charge >= 0.3 is 0 Å². The van der Waals surface area contributed by atoms with Crippen LogP contribution in [0.4, 0.5) is 5.69 Å². The SMILES string of the molecule is Br.Nc1ccc(Br)cc1CO. The van der Waals surface area contributed by atoms with Crippen molar-refractivity contribution in [2.24, 2.45) is 0 Å². The molecule has 2 nitrogen and oxygen atoms in total. The smallest absolute Gasteiger partial charge is 0.0702 e. The molecule has 1 rings (SSSR count). The van der Waals surface area contributed by atoms with Crippen LogP contribution in [0.2, 0.25) is 0 Å². The molecule has 0 aliphatic heterocycles. The quantitative estimate of drug-likeness (QED) is 0.775. The lowest BCUT2D eigenvalue weighted by Gasteiger charge is -2.00. The monoisotopic (exact) mass is 281 g/mol. The summed E-state index contributed by atoms with van der Waals surface area (Å²) in [6.07, 6.45) is 0. The molecule has 62 valence electrons. The van der Waals surface area contributed by atoms with E-state index in [2.05, 4.69) is 15.9 Å². The van der Waals surface area contributed by atoms with E-state index < -0.39 is 0 Å². The van der Waals surface area contributed by atoms with E-state index in [0.717, 1.165) is 10.0 Å². The van der Waals surface area contributed by atoms with Gasteiger partial charge in [0.15, 0.2) is 0 Å². The Morgan fingerprint density at radius 1 is 1.45 bits per heavy atom. The lowest BCUT2D eigenvalue weighted by molar-refractivity contribution is 0.282. The highest BCUT2D eigenvalue weighted by atomic mass is 79.9. The standard InChI is InChI=1S/C7H8BrNO.BrH/c8-6-1-2-7(9)5(3-6)4-10;/h1-3,10H,4,9H2;1H. The zero-order valence-corrected chi connectivity index (χ0v) is 9.05. The van der Waals surface area contributed by atoms with Gasteiger partial charge in [-0.3, -0.25) is 0 Å². The minimum atomic E-state index is -0.00866. The molecule has 11 heavy (non-hydrogen) atoms. The number of nitrogens with two attached hydrogens (primary N) is 1. The van der Waals surface area contributed by atoms with Gasteiger partial charge in [0.1, 0.15) is 0 Å².